The van der Waals surface area contributed by atoms with Crippen molar-refractivity contribution in [2.24, 2.45) is 5.11 Å². The highest BCUT2D eigenvalue weighted by atomic mass is 19.1. The van der Waals surface area contributed by atoms with Gasteiger partial charge in [-0.25, -0.2) is 0 Å². The lowest BCUT2D eigenvalue weighted by molar-refractivity contribution is -0.387. The summed E-state index contributed by atoms with van der Waals surface area (Å²) in [4.78, 5) is 12.0. The van der Waals surface area contributed by atoms with Crippen molar-refractivity contribution in [3.05, 3.63) is 44.6 Å². The first-order valence-corrected chi connectivity index (χ1v) is 4.22. The van der Waals surface area contributed by atoms with E-state index in [4.69, 9.17) is 10.3 Å². The molecule has 0 saturated carbocycles. The highest BCUT2D eigenvalue weighted by molar-refractivity contribution is 5.37. The first kappa shape index (κ1) is 11.7. The third-order valence-electron chi connectivity index (χ3n) is 1.64. The molecule has 84 valence electrons. The molecule has 0 bridgehead atoms. The van der Waals surface area contributed by atoms with Gasteiger partial charge in [-0.3, -0.25) is 10.1 Å². The standard InChI is InChI=1S/C8H7FN4O3/c9-7-5-6(16-4-3-11-12-10)1-2-8(7)13(14)15/h1-2,5H,3-4H2. The van der Waals surface area contributed by atoms with Gasteiger partial charge in [-0.1, -0.05) is 5.11 Å². The number of nitro groups is 1. The fourth-order valence-electron chi connectivity index (χ4n) is 0.975. The lowest BCUT2D eigenvalue weighted by Crippen LogP contribution is -2.01. The first-order valence-electron chi connectivity index (χ1n) is 4.22. The number of nitro benzene ring substituents is 1. The van der Waals surface area contributed by atoms with Crippen molar-refractivity contribution in [2.45, 2.75) is 0 Å². The van der Waals surface area contributed by atoms with E-state index in [0.717, 1.165) is 12.1 Å². The van der Waals surface area contributed by atoms with Crippen molar-refractivity contribution in [1.82, 2.24) is 0 Å². The molecule has 0 aromatic heterocycles. The van der Waals surface area contributed by atoms with Crippen LogP contribution in [-0.4, -0.2) is 18.1 Å². The second-order valence-electron chi connectivity index (χ2n) is 2.67. The van der Waals surface area contributed by atoms with Crippen molar-refractivity contribution in [3.8, 4) is 5.75 Å². The van der Waals surface area contributed by atoms with Gasteiger partial charge in [0.05, 0.1) is 18.1 Å². The fourth-order valence-corrected chi connectivity index (χ4v) is 0.975. The minimum atomic E-state index is -0.966. The van der Waals surface area contributed by atoms with Crippen molar-refractivity contribution >= 4 is 5.69 Å². The van der Waals surface area contributed by atoms with Crippen LogP contribution in [0.3, 0.4) is 0 Å². The molecule has 16 heavy (non-hydrogen) atoms. The predicted octanol–water partition coefficient (Wildman–Crippen LogP) is 2.42. The maximum Gasteiger partial charge on any atom is 0.305 e. The Morgan fingerprint density at radius 2 is 2.38 bits per heavy atom. The monoisotopic (exact) mass is 226 g/mol. The van der Waals surface area contributed by atoms with E-state index >= 15 is 0 Å². The summed E-state index contributed by atoms with van der Waals surface area (Å²) < 4.78 is 18.1. The molecular weight excluding hydrogens is 219 g/mol. The Morgan fingerprint density at radius 3 is 2.94 bits per heavy atom. The van der Waals surface area contributed by atoms with E-state index in [0.29, 0.717) is 0 Å². The van der Waals surface area contributed by atoms with Gasteiger partial charge in [0.2, 0.25) is 5.82 Å². The summed E-state index contributed by atoms with van der Waals surface area (Å²) in [5.41, 5.74) is 7.36. The summed E-state index contributed by atoms with van der Waals surface area (Å²) in [5.74, 6) is -0.817. The maximum absolute atomic E-state index is 13.1. The molecule has 1 aromatic carbocycles. The number of halogens is 1. The van der Waals surface area contributed by atoms with Crippen LogP contribution in [-0.2, 0) is 0 Å². The third kappa shape index (κ3) is 3.10. The van der Waals surface area contributed by atoms with Gasteiger partial charge < -0.3 is 4.74 Å². The molecule has 0 atom stereocenters. The smallest absolute Gasteiger partial charge is 0.305 e. The summed E-state index contributed by atoms with van der Waals surface area (Å²) in [6.45, 7) is 0.191. The van der Waals surface area contributed by atoms with Gasteiger partial charge in [-0.2, -0.15) is 4.39 Å². The molecule has 1 aromatic rings. The number of hydrogen-bond donors (Lipinski definition) is 0. The van der Waals surface area contributed by atoms with Crippen LogP contribution >= 0.6 is 0 Å². The number of benzene rings is 1. The molecule has 8 heteroatoms. The number of nitrogens with zero attached hydrogens (tertiary/aromatic N) is 4. The minimum Gasteiger partial charge on any atom is -0.493 e. The van der Waals surface area contributed by atoms with Crippen LogP contribution in [0.15, 0.2) is 23.3 Å². The predicted molar refractivity (Wildman–Crippen MR) is 52.6 cm³/mol. The van der Waals surface area contributed by atoms with Crippen molar-refractivity contribution in [3.63, 3.8) is 0 Å². The van der Waals surface area contributed by atoms with Crippen molar-refractivity contribution in [2.75, 3.05) is 13.2 Å². The van der Waals surface area contributed by atoms with Gasteiger partial charge in [0.25, 0.3) is 0 Å². The quantitative estimate of drug-likeness (QED) is 0.192. The first-order chi connectivity index (χ1) is 7.65. The molecule has 0 heterocycles. The largest absolute Gasteiger partial charge is 0.493 e. The zero-order valence-corrected chi connectivity index (χ0v) is 8.04. The molecule has 0 N–H and O–H groups in total. The molecule has 0 saturated heterocycles. The Balaban J connectivity index is 2.66. The Bertz CT molecular complexity index is 445. The van der Waals surface area contributed by atoms with Crippen LogP contribution in [0.5, 0.6) is 5.75 Å². The molecule has 0 fully saturated rings. The van der Waals surface area contributed by atoms with Crippen molar-refractivity contribution in [1.29, 1.82) is 0 Å². The van der Waals surface area contributed by atoms with Gasteiger partial charge in [0.15, 0.2) is 0 Å². The Labute approximate surface area is 89.2 Å². The fraction of sp³-hybridized carbons (Fsp3) is 0.250. The number of ether oxygens (including phenoxy) is 1. The van der Waals surface area contributed by atoms with Gasteiger partial charge >= 0.3 is 5.69 Å². The van der Waals surface area contributed by atoms with Gasteiger partial charge in [-0.05, 0) is 11.6 Å². The zero-order valence-electron chi connectivity index (χ0n) is 8.04. The molecule has 0 aliphatic rings. The summed E-state index contributed by atoms with van der Waals surface area (Å²) in [7, 11) is 0. The molecule has 0 aliphatic heterocycles. The van der Waals surface area contributed by atoms with E-state index in [9.17, 15) is 14.5 Å². The highest BCUT2D eigenvalue weighted by Gasteiger charge is 2.13. The Morgan fingerprint density at radius 1 is 1.62 bits per heavy atom. The molecule has 1 rings (SSSR count). The molecule has 0 spiro atoms. The summed E-state index contributed by atoms with van der Waals surface area (Å²) >= 11 is 0. The molecule has 0 radical (unpaired) electrons. The summed E-state index contributed by atoms with van der Waals surface area (Å²) in [6.07, 6.45) is 0. The molecule has 7 nitrogen and oxygen atoms in total. The van der Waals surface area contributed by atoms with Crippen LogP contribution in [0.4, 0.5) is 10.1 Å². The molecular formula is C8H7FN4O3. The minimum absolute atomic E-state index is 0.0846. The third-order valence-corrected chi connectivity index (χ3v) is 1.64. The zero-order chi connectivity index (χ0) is 12.0. The lowest BCUT2D eigenvalue weighted by Gasteiger charge is -2.03. The number of hydrogen-bond acceptors (Lipinski definition) is 4. The van der Waals surface area contributed by atoms with Gasteiger partial charge in [0.1, 0.15) is 5.75 Å². The van der Waals surface area contributed by atoms with Gasteiger partial charge in [0, 0.05) is 17.0 Å². The van der Waals surface area contributed by atoms with E-state index in [-0.39, 0.29) is 18.9 Å². The molecule has 0 amide bonds. The number of rotatable bonds is 5. The Kier molecular flexibility index (Phi) is 4.05. The van der Waals surface area contributed by atoms with E-state index in [1.54, 1.807) is 0 Å². The second kappa shape index (κ2) is 5.52. The van der Waals surface area contributed by atoms with Crippen LogP contribution in [0.25, 0.3) is 10.4 Å². The van der Waals surface area contributed by atoms with E-state index < -0.39 is 16.4 Å². The maximum atomic E-state index is 13.1. The summed E-state index contributed by atoms with van der Waals surface area (Å²) in [6, 6.07) is 3.20. The highest BCUT2D eigenvalue weighted by Crippen LogP contribution is 2.22. The second-order valence-corrected chi connectivity index (χ2v) is 2.67. The normalized spacial score (nSPS) is 9.31. The van der Waals surface area contributed by atoms with Crippen LogP contribution in [0, 0.1) is 15.9 Å². The average Bonchev–Trinajstić information content (AvgIpc) is 2.24. The molecule has 0 unspecified atom stereocenters. The van der Waals surface area contributed by atoms with E-state index in [2.05, 4.69) is 10.0 Å². The summed E-state index contributed by atoms with van der Waals surface area (Å²) in [5, 5.41) is 13.5. The van der Waals surface area contributed by atoms with Crippen LogP contribution in [0.1, 0.15) is 0 Å². The van der Waals surface area contributed by atoms with Crippen LogP contribution < -0.4 is 4.74 Å². The molecule has 0 aliphatic carbocycles. The van der Waals surface area contributed by atoms with Crippen LogP contribution in [0.2, 0.25) is 0 Å². The number of azide groups is 1. The SMILES string of the molecule is [N-]=[N+]=NCCOc1ccc([N+](=O)[O-])c(F)c1. The average molecular weight is 226 g/mol. The lowest BCUT2D eigenvalue weighted by atomic mass is 10.3. The van der Waals surface area contributed by atoms with Crippen molar-refractivity contribution < 1.29 is 14.1 Å². The topological polar surface area (TPSA) is 101 Å². The van der Waals surface area contributed by atoms with Gasteiger partial charge in [-0.15, -0.1) is 0 Å². The van der Waals surface area contributed by atoms with E-state index in [1.807, 2.05) is 0 Å². The van der Waals surface area contributed by atoms with E-state index in [1.165, 1.54) is 6.07 Å². The Hall–Kier alpha value is -2.34.